The first-order valence-electron chi connectivity index (χ1n) is 6.04. The number of halogens is 2. The maximum Gasteiger partial charge on any atom is 0.166 e. The summed E-state index contributed by atoms with van der Waals surface area (Å²) in [6.45, 7) is 6.06. The molecule has 0 aromatic heterocycles. The summed E-state index contributed by atoms with van der Waals surface area (Å²) in [6.07, 6.45) is -0.442. The monoisotopic (exact) mass is 256 g/mol. The van der Waals surface area contributed by atoms with Gasteiger partial charge in [0.15, 0.2) is 17.4 Å². The summed E-state index contributed by atoms with van der Waals surface area (Å²) in [7, 11) is 0. The third-order valence-electron chi connectivity index (χ3n) is 2.63. The average molecular weight is 256 g/mol. The predicted molar refractivity (Wildman–Crippen MR) is 65.3 cm³/mol. The number of rotatable bonds is 6. The molecule has 0 aliphatic carbocycles. The topological polar surface area (TPSA) is 26.3 Å². The second-order valence-corrected chi connectivity index (χ2v) is 4.51. The molecule has 0 saturated carbocycles. The van der Waals surface area contributed by atoms with Gasteiger partial charge in [0, 0.05) is 13.0 Å². The lowest BCUT2D eigenvalue weighted by atomic mass is 9.97. The van der Waals surface area contributed by atoms with Gasteiger partial charge in [-0.15, -0.1) is 0 Å². The van der Waals surface area contributed by atoms with Crippen molar-refractivity contribution in [2.24, 2.45) is 5.92 Å². The first kappa shape index (κ1) is 14.8. The van der Waals surface area contributed by atoms with Crippen molar-refractivity contribution in [3.8, 4) is 0 Å². The fraction of sp³-hybridized carbons (Fsp3) is 0.500. The van der Waals surface area contributed by atoms with E-state index in [9.17, 15) is 13.6 Å². The number of carbonyl (C=O) groups excluding carboxylic acids is 1. The molecule has 0 bridgehead atoms. The molecule has 0 saturated heterocycles. The lowest BCUT2D eigenvalue weighted by Crippen LogP contribution is -2.31. The van der Waals surface area contributed by atoms with Crippen LogP contribution in [0.2, 0.25) is 0 Å². The molecule has 100 valence electrons. The second kappa shape index (κ2) is 6.59. The number of ether oxygens (including phenoxy) is 1. The van der Waals surface area contributed by atoms with Gasteiger partial charge in [0.1, 0.15) is 6.10 Å². The molecule has 0 heterocycles. The molecule has 2 nitrogen and oxygen atoms in total. The Morgan fingerprint density at radius 1 is 1.28 bits per heavy atom. The van der Waals surface area contributed by atoms with Crippen LogP contribution in [0.4, 0.5) is 8.78 Å². The second-order valence-electron chi connectivity index (χ2n) is 4.51. The van der Waals surface area contributed by atoms with Gasteiger partial charge in [-0.25, -0.2) is 8.78 Å². The maximum absolute atomic E-state index is 13.0. The average Bonchev–Trinajstić information content (AvgIpc) is 2.30. The van der Waals surface area contributed by atoms with E-state index < -0.39 is 17.7 Å². The first-order chi connectivity index (χ1) is 8.45. The standard InChI is InChI=1S/C14H18F2O2/c1-4-18-14(9(2)3)13(17)8-10-5-6-11(15)12(16)7-10/h5-7,9,14H,4,8H2,1-3H3. The van der Waals surface area contributed by atoms with Gasteiger partial charge in [-0.3, -0.25) is 4.79 Å². The molecule has 0 aliphatic heterocycles. The fourth-order valence-electron chi connectivity index (χ4n) is 1.79. The van der Waals surface area contributed by atoms with Crippen LogP contribution in [-0.4, -0.2) is 18.5 Å². The van der Waals surface area contributed by atoms with Gasteiger partial charge in [0.2, 0.25) is 0 Å². The molecular weight excluding hydrogens is 238 g/mol. The maximum atomic E-state index is 13.0. The SMILES string of the molecule is CCOC(C(=O)Cc1ccc(F)c(F)c1)C(C)C. The summed E-state index contributed by atoms with van der Waals surface area (Å²) in [5.74, 6) is -1.89. The third-order valence-corrected chi connectivity index (χ3v) is 2.63. The van der Waals surface area contributed by atoms with E-state index in [0.717, 1.165) is 12.1 Å². The molecule has 0 aliphatic rings. The number of carbonyl (C=O) groups is 1. The zero-order valence-electron chi connectivity index (χ0n) is 10.9. The number of ketones is 1. The van der Waals surface area contributed by atoms with Crippen LogP contribution in [0.15, 0.2) is 18.2 Å². The van der Waals surface area contributed by atoms with Crippen LogP contribution >= 0.6 is 0 Å². The predicted octanol–water partition coefficient (Wildman–Crippen LogP) is 3.14. The Kier molecular flexibility index (Phi) is 5.41. The quantitative estimate of drug-likeness (QED) is 0.781. The fourth-order valence-corrected chi connectivity index (χ4v) is 1.79. The van der Waals surface area contributed by atoms with E-state index in [1.807, 2.05) is 20.8 Å². The van der Waals surface area contributed by atoms with E-state index >= 15 is 0 Å². The van der Waals surface area contributed by atoms with Crippen LogP contribution in [-0.2, 0) is 16.0 Å². The van der Waals surface area contributed by atoms with Crippen molar-refractivity contribution in [3.63, 3.8) is 0 Å². The zero-order valence-corrected chi connectivity index (χ0v) is 10.9. The van der Waals surface area contributed by atoms with E-state index in [1.165, 1.54) is 6.07 Å². The van der Waals surface area contributed by atoms with Crippen LogP contribution in [0.25, 0.3) is 0 Å². The molecule has 0 radical (unpaired) electrons. The number of benzene rings is 1. The molecule has 0 fully saturated rings. The Hall–Kier alpha value is -1.29. The van der Waals surface area contributed by atoms with Crippen LogP contribution in [0, 0.1) is 17.6 Å². The van der Waals surface area contributed by atoms with E-state index in [0.29, 0.717) is 12.2 Å². The molecular formula is C14H18F2O2. The molecule has 18 heavy (non-hydrogen) atoms. The molecule has 1 aromatic carbocycles. The van der Waals surface area contributed by atoms with Crippen LogP contribution in [0.1, 0.15) is 26.3 Å². The summed E-state index contributed by atoms with van der Waals surface area (Å²) in [6, 6.07) is 3.50. The Morgan fingerprint density at radius 3 is 2.44 bits per heavy atom. The lowest BCUT2D eigenvalue weighted by molar-refractivity contribution is -0.132. The highest BCUT2D eigenvalue weighted by Crippen LogP contribution is 2.14. The van der Waals surface area contributed by atoms with Crippen molar-refractivity contribution in [2.75, 3.05) is 6.61 Å². The third kappa shape index (κ3) is 3.88. The minimum absolute atomic E-state index is 0.0556. The van der Waals surface area contributed by atoms with Crippen molar-refractivity contribution < 1.29 is 18.3 Å². The van der Waals surface area contributed by atoms with Gasteiger partial charge in [-0.2, -0.15) is 0 Å². The van der Waals surface area contributed by atoms with Crippen molar-refractivity contribution in [1.82, 2.24) is 0 Å². The highest BCUT2D eigenvalue weighted by atomic mass is 19.2. The molecule has 1 atom stereocenters. The number of hydrogen-bond acceptors (Lipinski definition) is 2. The Balaban J connectivity index is 2.76. The Bertz CT molecular complexity index is 416. The summed E-state index contributed by atoms with van der Waals surface area (Å²) in [5.41, 5.74) is 0.462. The van der Waals surface area contributed by atoms with Crippen molar-refractivity contribution in [1.29, 1.82) is 0 Å². The first-order valence-corrected chi connectivity index (χ1v) is 6.04. The van der Waals surface area contributed by atoms with Crippen molar-refractivity contribution in [3.05, 3.63) is 35.4 Å². The van der Waals surface area contributed by atoms with Crippen LogP contribution < -0.4 is 0 Å². The summed E-state index contributed by atoms with van der Waals surface area (Å²) in [4.78, 5) is 12.0. The summed E-state index contributed by atoms with van der Waals surface area (Å²) in [5, 5.41) is 0. The lowest BCUT2D eigenvalue weighted by Gasteiger charge is -2.19. The van der Waals surface area contributed by atoms with Crippen LogP contribution in [0.5, 0.6) is 0 Å². The Morgan fingerprint density at radius 2 is 1.94 bits per heavy atom. The summed E-state index contributed by atoms with van der Waals surface area (Å²) >= 11 is 0. The Labute approximate surface area is 106 Å². The van der Waals surface area contributed by atoms with Crippen molar-refractivity contribution in [2.45, 2.75) is 33.3 Å². The van der Waals surface area contributed by atoms with Crippen molar-refractivity contribution >= 4 is 5.78 Å². The molecule has 1 rings (SSSR count). The minimum atomic E-state index is -0.933. The molecule has 1 unspecified atom stereocenters. The van der Waals surface area contributed by atoms with Gasteiger partial charge >= 0.3 is 0 Å². The molecule has 1 aromatic rings. The minimum Gasteiger partial charge on any atom is -0.370 e. The van der Waals surface area contributed by atoms with Gasteiger partial charge in [0.25, 0.3) is 0 Å². The molecule has 0 spiro atoms. The molecule has 0 amide bonds. The van der Waals surface area contributed by atoms with E-state index in [-0.39, 0.29) is 18.1 Å². The molecule has 4 heteroatoms. The van der Waals surface area contributed by atoms with E-state index in [4.69, 9.17) is 4.74 Å². The zero-order chi connectivity index (χ0) is 13.7. The van der Waals surface area contributed by atoms with Gasteiger partial charge < -0.3 is 4.74 Å². The normalized spacial score (nSPS) is 12.8. The van der Waals surface area contributed by atoms with Gasteiger partial charge in [-0.05, 0) is 30.5 Å². The number of hydrogen-bond donors (Lipinski definition) is 0. The highest BCUT2D eigenvalue weighted by Gasteiger charge is 2.22. The smallest absolute Gasteiger partial charge is 0.166 e. The van der Waals surface area contributed by atoms with Gasteiger partial charge in [-0.1, -0.05) is 19.9 Å². The number of Topliss-reactive ketones (excluding diaryl/α,β-unsaturated/α-hetero) is 1. The van der Waals surface area contributed by atoms with E-state index in [2.05, 4.69) is 0 Å². The highest BCUT2D eigenvalue weighted by molar-refractivity contribution is 5.85. The van der Waals surface area contributed by atoms with E-state index in [1.54, 1.807) is 0 Å². The summed E-state index contributed by atoms with van der Waals surface area (Å²) < 4.78 is 31.2. The van der Waals surface area contributed by atoms with Gasteiger partial charge in [0.05, 0.1) is 0 Å². The molecule has 0 N–H and O–H groups in total. The van der Waals surface area contributed by atoms with Crippen LogP contribution in [0.3, 0.4) is 0 Å². The largest absolute Gasteiger partial charge is 0.370 e.